The van der Waals surface area contributed by atoms with Crippen LogP contribution in [0.15, 0.2) is 12.1 Å². The van der Waals surface area contributed by atoms with Gasteiger partial charge in [-0.2, -0.15) is 0 Å². The molecular weight excluding hydrogens is 258 g/mol. The van der Waals surface area contributed by atoms with E-state index in [1.807, 2.05) is 0 Å². The van der Waals surface area contributed by atoms with Crippen molar-refractivity contribution in [1.29, 1.82) is 0 Å². The van der Waals surface area contributed by atoms with E-state index in [1.165, 1.54) is 0 Å². The minimum atomic E-state index is -0.157. The van der Waals surface area contributed by atoms with E-state index in [4.69, 9.17) is 15.2 Å². The van der Waals surface area contributed by atoms with Crippen molar-refractivity contribution in [3.63, 3.8) is 0 Å². The summed E-state index contributed by atoms with van der Waals surface area (Å²) in [4.78, 5) is 14.5. The fourth-order valence-corrected chi connectivity index (χ4v) is 2.68. The highest BCUT2D eigenvalue weighted by atomic mass is 16.7. The summed E-state index contributed by atoms with van der Waals surface area (Å²) >= 11 is 0. The van der Waals surface area contributed by atoms with Gasteiger partial charge in [-0.05, 0) is 32.0 Å². The van der Waals surface area contributed by atoms with E-state index in [-0.39, 0.29) is 12.7 Å². The Hall–Kier alpha value is -1.95. The maximum Gasteiger partial charge on any atom is 0.253 e. The largest absolute Gasteiger partial charge is 0.454 e. The van der Waals surface area contributed by atoms with Gasteiger partial charge < -0.3 is 25.4 Å². The van der Waals surface area contributed by atoms with Crippen LogP contribution < -0.4 is 20.5 Å². The average Bonchev–Trinajstić information content (AvgIpc) is 3.03. The molecule has 3 N–H and O–H groups in total. The first-order valence-electron chi connectivity index (χ1n) is 6.79. The van der Waals surface area contributed by atoms with Crippen LogP contribution in [0.4, 0.5) is 5.69 Å². The third-order valence-electron chi connectivity index (χ3n) is 3.83. The topological polar surface area (TPSA) is 76.8 Å². The number of hydrogen-bond acceptors (Lipinski definition) is 5. The molecule has 1 aromatic rings. The van der Waals surface area contributed by atoms with Crippen molar-refractivity contribution in [1.82, 2.24) is 10.2 Å². The predicted molar refractivity (Wildman–Crippen MR) is 74.9 cm³/mol. The summed E-state index contributed by atoms with van der Waals surface area (Å²) in [5.74, 6) is 1.52. The van der Waals surface area contributed by atoms with Crippen molar-refractivity contribution in [2.45, 2.75) is 6.42 Å². The van der Waals surface area contributed by atoms with Crippen molar-refractivity contribution in [3.8, 4) is 11.5 Å². The van der Waals surface area contributed by atoms with Crippen LogP contribution in [0.1, 0.15) is 16.8 Å². The van der Waals surface area contributed by atoms with Crippen LogP contribution in [0.2, 0.25) is 0 Å². The lowest BCUT2D eigenvalue weighted by atomic mass is 10.1. The second kappa shape index (κ2) is 5.20. The number of hydrogen-bond donors (Lipinski definition) is 2. The SMILES string of the molecule is CN1CCC(CNC(=O)c2cc3c(cc2N)OCO3)C1. The Morgan fingerprint density at radius 3 is 2.90 bits per heavy atom. The number of fused-ring (bicyclic) bond motifs is 1. The molecule has 2 heterocycles. The molecule has 1 unspecified atom stereocenters. The van der Waals surface area contributed by atoms with Crippen LogP contribution >= 0.6 is 0 Å². The van der Waals surface area contributed by atoms with Crippen LogP contribution in [0.3, 0.4) is 0 Å². The number of likely N-dealkylation sites (tertiary alicyclic amines) is 1. The molecule has 108 valence electrons. The highest BCUT2D eigenvalue weighted by molar-refractivity contribution is 6.00. The zero-order valence-electron chi connectivity index (χ0n) is 11.5. The van der Waals surface area contributed by atoms with E-state index in [2.05, 4.69) is 17.3 Å². The van der Waals surface area contributed by atoms with Gasteiger partial charge in [0.15, 0.2) is 11.5 Å². The number of amides is 1. The summed E-state index contributed by atoms with van der Waals surface area (Å²) < 4.78 is 10.5. The van der Waals surface area contributed by atoms with Crippen molar-refractivity contribution in [3.05, 3.63) is 17.7 Å². The van der Waals surface area contributed by atoms with E-state index < -0.39 is 0 Å². The van der Waals surface area contributed by atoms with Crippen molar-refractivity contribution in [2.75, 3.05) is 39.2 Å². The molecule has 3 rings (SSSR count). The molecule has 0 aliphatic carbocycles. The monoisotopic (exact) mass is 277 g/mol. The van der Waals surface area contributed by atoms with E-state index in [9.17, 15) is 4.79 Å². The van der Waals surface area contributed by atoms with Crippen LogP contribution in [0.25, 0.3) is 0 Å². The molecule has 6 nitrogen and oxygen atoms in total. The molecular formula is C14H19N3O3. The van der Waals surface area contributed by atoms with Gasteiger partial charge in [0.05, 0.1) is 5.56 Å². The Labute approximate surface area is 117 Å². The highest BCUT2D eigenvalue weighted by Crippen LogP contribution is 2.35. The highest BCUT2D eigenvalue weighted by Gasteiger charge is 2.22. The van der Waals surface area contributed by atoms with Crippen molar-refractivity contribution in [2.24, 2.45) is 5.92 Å². The molecule has 20 heavy (non-hydrogen) atoms. The molecule has 0 aromatic heterocycles. The molecule has 1 atom stereocenters. The molecule has 0 bridgehead atoms. The Morgan fingerprint density at radius 2 is 2.20 bits per heavy atom. The summed E-state index contributed by atoms with van der Waals surface area (Å²) in [5, 5.41) is 2.95. The first-order chi connectivity index (χ1) is 9.63. The molecule has 0 spiro atoms. The smallest absolute Gasteiger partial charge is 0.253 e. The fourth-order valence-electron chi connectivity index (χ4n) is 2.68. The lowest BCUT2D eigenvalue weighted by Crippen LogP contribution is -2.30. The number of benzene rings is 1. The number of carbonyl (C=O) groups excluding carboxylic acids is 1. The zero-order valence-corrected chi connectivity index (χ0v) is 11.5. The molecule has 1 aromatic carbocycles. The lowest BCUT2D eigenvalue weighted by molar-refractivity contribution is 0.0948. The van der Waals surface area contributed by atoms with E-state index >= 15 is 0 Å². The molecule has 0 saturated carbocycles. The van der Waals surface area contributed by atoms with Gasteiger partial charge in [0.1, 0.15) is 0 Å². The summed E-state index contributed by atoms with van der Waals surface area (Å²) in [5.41, 5.74) is 6.75. The standard InChI is InChI=1S/C14H19N3O3/c1-17-3-2-9(7-17)6-16-14(18)10-4-12-13(5-11(10)15)20-8-19-12/h4-5,9H,2-3,6-8,15H2,1H3,(H,16,18). The van der Waals surface area contributed by atoms with E-state index in [1.54, 1.807) is 12.1 Å². The second-order valence-corrected chi connectivity index (χ2v) is 5.42. The minimum absolute atomic E-state index is 0.157. The van der Waals surface area contributed by atoms with Crippen LogP contribution in [0, 0.1) is 5.92 Å². The maximum absolute atomic E-state index is 12.2. The molecule has 2 aliphatic rings. The Bertz CT molecular complexity index is 533. The average molecular weight is 277 g/mol. The van der Waals surface area contributed by atoms with Crippen LogP contribution in [0.5, 0.6) is 11.5 Å². The first-order valence-corrected chi connectivity index (χ1v) is 6.79. The first kappa shape index (κ1) is 13.1. The molecule has 0 radical (unpaired) electrons. The summed E-state index contributed by atoms with van der Waals surface area (Å²) in [6.07, 6.45) is 1.12. The quantitative estimate of drug-likeness (QED) is 0.795. The number of nitrogen functional groups attached to an aromatic ring is 1. The van der Waals surface area contributed by atoms with Gasteiger partial charge in [0, 0.05) is 24.8 Å². The number of nitrogens with one attached hydrogen (secondary N) is 1. The van der Waals surface area contributed by atoms with Gasteiger partial charge in [0.25, 0.3) is 5.91 Å². The minimum Gasteiger partial charge on any atom is -0.454 e. The lowest BCUT2D eigenvalue weighted by Gasteiger charge is -2.13. The Balaban J connectivity index is 1.65. The maximum atomic E-state index is 12.2. The summed E-state index contributed by atoms with van der Waals surface area (Å²) in [6.45, 7) is 2.97. The Kier molecular flexibility index (Phi) is 3.40. The molecule has 2 aliphatic heterocycles. The van der Waals surface area contributed by atoms with Crippen molar-refractivity contribution < 1.29 is 14.3 Å². The Morgan fingerprint density at radius 1 is 1.45 bits per heavy atom. The molecule has 1 amide bonds. The van der Waals surface area contributed by atoms with Gasteiger partial charge in [-0.15, -0.1) is 0 Å². The number of anilines is 1. The normalized spacial score (nSPS) is 21.1. The van der Waals surface area contributed by atoms with Gasteiger partial charge >= 0.3 is 0 Å². The number of carbonyl (C=O) groups is 1. The zero-order chi connectivity index (χ0) is 14.1. The fraction of sp³-hybridized carbons (Fsp3) is 0.500. The second-order valence-electron chi connectivity index (χ2n) is 5.42. The van der Waals surface area contributed by atoms with E-state index in [0.717, 1.165) is 19.5 Å². The summed E-state index contributed by atoms with van der Waals surface area (Å²) in [7, 11) is 2.09. The van der Waals surface area contributed by atoms with Gasteiger partial charge in [-0.1, -0.05) is 0 Å². The van der Waals surface area contributed by atoms with Gasteiger partial charge in [0.2, 0.25) is 6.79 Å². The van der Waals surface area contributed by atoms with Crippen LogP contribution in [-0.2, 0) is 0 Å². The molecule has 6 heteroatoms. The molecule has 1 fully saturated rings. The number of nitrogens with two attached hydrogens (primary N) is 1. The third kappa shape index (κ3) is 2.51. The molecule has 1 saturated heterocycles. The van der Waals surface area contributed by atoms with E-state index in [0.29, 0.717) is 35.2 Å². The van der Waals surface area contributed by atoms with Crippen molar-refractivity contribution >= 4 is 11.6 Å². The van der Waals surface area contributed by atoms with Gasteiger partial charge in [-0.25, -0.2) is 0 Å². The third-order valence-corrected chi connectivity index (χ3v) is 3.83. The number of ether oxygens (including phenoxy) is 2. The number of rotatable bonds is 3. The number of nitrogens with zero attached hydrogens (tertiary/aromatic N) is 1. The summed E-state index contributed by atoms with van der Waals surface area (Å²) in [6, 6.07) is 3.29. The van der Waals surface area contributed by atoms with Gasteiger partial charge in [-0.3, -0.25) is 4.79 Å². The van der Waals surface area contributed by atoms with Crippen LogP contribution in [-0.4, -0.2) is 44.3 Å². The predicted octanol–water partition coefficient (Wildman–Crippen LogP) is 0.679.